The fourth-order valence-corrected chi connectivity index (χ4v) is 2.81. The van der Waals surface area contributed by atoms with Gasteiger partial charge in [0.25, 0.3) is 0 Å². The highest BCUT2D eigenvalue weighted by molar-refractivity contribution is 9.10. The van der Waals surface area contributed by atoms with E-state index in [0.29, 0.717) is 11.0 Å². The molecular formula is C14H19BrFNO. The normalized spacial score (nSPS) is 19.3. The number of rotatable bonds is 3. The van der Waals surface area contributed by atoms with E-state index in [4.69, 9.17) is 0 Å². The summed E-state index contributed by atoms with van der Waals surface area (Å²) in [6.07, 6.45) is 6.30. The molecule has 0 heterocycles. The fraction of sp³-hybridized carbons (Fsp3) is 0.571. The molecule has 100 valence electrons. The van der Waals surface area contributed by atoms with Crippen LogP contribution in [0.1, 0.15) is 38.5 Å². The lowest BCUT2D eigenvalue weighted by atomic mass is 9.94. The minimum Gasteiger partial charge on any atom is -0.388 e. The second-order valence-electron chi connectivity index (χ2n) is 5.12. The van der Waals surface area contributed by atoms with Crippen LogP contribution in [0.25, 0.3) is 0 Å². The molecule has 2 nitrogen and oxygen atoms in total. The molecule has 1 aliphatic carbocycles. The SMILES string of the molecule is OC1(CNc2ccc(F)c(Br)c2)CCCCCC1. The van der Waals surface area contributed by atoms with Crippen molar-refractivity contribution in [2.75, 3.05) is 11.9 Å². The Labute approximate surface area is 116 Å². The summed E-state index contributed by atoms with van der Waals surface area (Å²) in [6.45, 7) is 0.533. The molecule has 1 fully saturated rings. The van der Waals surface area contributed by atoms with E-state index in [1.54, 1.807) is 12.1 Å². The second-order valence-corrected chi connectivity index (χ2v) is 5.98. The lowest BCUT2D eigenvalue weighted by molar-refractivity contribution is 0.0381. The van der Waals surface area contributed by atoms with Gasteiger partial charge in [-0.15, -0.1) is 0 Å². The van der Waals surface area contributed by atoms with Crippen molar-refractivity contribution in [1.82, 2.24) is 0 Å². The Morgan fingerprint density at radius 3 is 2.50 bits per heavy atom. The first-order valence-corrected chi connectivity index (χ1v) is 7.30. The fourth-order valence-electron chi connectivity index (χ4n) is 2.44. The summed E-state index contributed by atoms with van der Waals surface area (Å²) in [6, 6.07) is 4.82. The molecule has 1 aromatic rings. The third-order valence-electron chi connectivity index (χ3n) is 3.58. The Kier molecular flexibility index (Phi) is 4.62. The number of benzene rings is 1. The molecule has 0 radical (unpaired) electrons. The van der Waals surface area contributed by atoms with Crippen molar-refractivity contribution in [3.8, 4) is 0 Å². The quantitative estimate of drug-likeness (QED) is 0.824. The minimum absolute atomic E-state index is 0.270. The van der Waals surface area contributed by atoms with E-state index < -0.39 is 5.60 Å². The van der Waals surface area contributed by atoms with Gasteiger partial charge < -0.3 is 10.4 Å². The highest BCUT2D eigenvalue weighted by Crippen LogP contribution is 2.28. The van der Waals surface area contributed by atoms with Gasteiger partial charge in [0, 0.05) is 12.2 Å². The van der Waals surface area contributed by atoms with Crippen LogP contribution in [0.3, 0.4) is 0 Å². The van der Waals surface area contributed by atoms with E-state index in [2.05, 4.69) is 21.2 Å². The summed E-state index contributed by atoms with van der Waals surface area (Å²) in [4.78, 5) is 0. The van der Waals surface area contributed by atoms with Crippen LogP contribution in [0.2, 0.25) is 0 Å². The van der Waals surface area contributed by atoms with Gasteiger partial charge in [-0.25, -0.2) is 4.39 Å². The standard InChI is InChI=1S/C14H19BrFNO/c15-12-9-11(5-6-13(12)16)17-10-14(18)7-3-1-2-4-8-14/h5-6,9,17-18H,1-4,7-8,10H2. The molecule has 4 heteroatoms. The van der Waals surface area contributed by atoms with E-state index >= 15 is 0 Å². The monoisotopic (exact) mass is 315 g/mol. The molecule has 1 saturated carbocycles. The van der Waals surface area contributed by atoms with Crippen LogP contribution in [0, 0.1) is 5.82 Å². The maximum absolute atomic E-state index is 13.1. The van der Waals surface area contributed by atoms with E-state index in [0.717, 1.165) is 31.4 Å². The van der Waals surface area contributed by atoms with E-state index in [1.807, 2.05) is 0 Å². The predicted molar refractivity (Wildman–Crippen MR) is 75.2 cm³/mol. The van der Waals surface area contributed by atoms with Crippen molar-refractivity contribution in [2.45, 2.75) is 44.1 Å². The van der Waals surface area contributed by atoms with Crippen LogP contribution in [-0.4, -0.2) is 17.3 Å². The third kappa shape index (κ3) is 3.69. The maximum atomic E-state index is 13.1. The number of aliphatic hydroxyl groups is 1. The zero-order chi connectivity index (χ0) is 13.0. The van der Waals surface area contributed by atoms with Crippen molar-refractivity contribution in [2.24, 2.45) is 0 Å². The van der Waals surface area contributed by atoms with Crippen molar-refractivity contribution in [1.29, 1.82) is 0 Å². The zero-order valence-electron chi connectivity index (χ0n) is 10.4. The molecule has 0 amide bonds. The van der Waals surface area contributed by atoms with Crippen LogP contribution in [-0.2, 0) is 0 Å². The van der Waals surface area contributed by atoms with E-state index in [1.165, 1.54) is 18.9 Å². The van der Waals surface area contributed by atoms with E-state index in [9.17, 15) is 9.50 Å². The predicted octanol–water partition coefficient (Wildman–Crippen LogP) is 4.09. The van der Waals surface area contributed by atoms with Gasteiger partial charge in [-0.1, -0.05) is 25.7 Å². The maximum Gasteiger partial charge on any atom is 0.137 e. The van der Waals surface area contributed by atoms with Gasteiger partial charge in [0.05, 0.1) is 10.1 Å². The zero-order valence-corrected chi connectivity index (χ0v) is 12.0. The Bertz CT molecular complexity index is 403. The van der Waals surface area contributed by atoms with Crippen LogP contribution >= 0.6 is 15.9 Å². The van der Waals surface area contributed by atoms with Crippen LogP contribution in [0.5, 0.6) is 0 Å². The first-order valence-electron chi connectivity index (χ1n) is 6.50. The van der Waals surface area contributed by atoms with Crippen molar-refractivity contribution < 1.29 is 9.50 Å². The second kappa shape index (κ2) is 6.02. The number of anilines is 1. The number of hydrogen-bond donors (Lipinski definition) is 2. The minimum atomic E-state index is -0.614. The van der Waals surface area contributed by atoms with Crippen LogP contribution in [0.15, 0.2) is 22.7 Å². The van der Waals surface area contributed by atoms with Crippen molar-refractivity contribution in [3.05, 3.63) is 28.5 Å². The van der Waals surface area contributed by atoms with Gasteiger partial charge in [-0.2, -0.15) is 0 Å². The summed E-state index contributed by atoms with van der Waals surface area (Å²) >= 11 is 3.16. The smallest absolute Gasteiger partial charge is 0.137 e. The first-order chi connectivity index (χ1) is 8.59. The molecule has 18 heavy (non-hydrogen) atoms. The molecule has 0 saturated heterocycles. The Hall–Kier alpha value is -0.610. The van der Waals surface area contributed by atoms with Crippen molar-refractivity contribution >= 4 is 21.6 Å². The highest BCUT2D eigenvalue weighted by Gasteiger charge is 2.27. The molecular weight excluding hydrogens is 297 g/mol. The summed E-state index contributed by atoms with van der Waals surface area (Å²) in [5, 5.41) is 13.7. The average molecular weight is 316 g/mol. The molecule has 2 N–H and O–H groups in total. The molecule has 0 spiro atoms. The molecule has 0 aliphatic heterocycles. The lowest BCUT2D eigenvalue weighted by Gasteiger charge is -2.27. The van der Waals surface area contributed by atoms with Gasteiger partial charge >= 0.3 is 0 Å². The summed E-state index contributed by atoms with van der Waals surface area (Å²) in [7, 11) is 0. The summed E-state index contributed by atoms with van der Waals surface area (Å²) in [5.41, 5.74) is 0.220. The first kappa shape index (κ1) is 13.8. The topological polar surface area (TPSA) is 32.3 Å². The van der Waals surface area contributed by atoms with Crippen LogP contribution in [0.4, 0.5) is 10.1 Å². The van der Waals surface area contributed by atoms with Gasteiger partial charge in [-0.3, -0.25) is 0 Å². The third-order valence-corrected chi connectivity index (χ3v) is 4.18. The van der Waals surface area contributed by atoms with Gasteiger partial charge in [0.2, 0.25) is 0 Å². The van der Waals surface area contributed by atoms with Gasteiger partial charge in [0.1, 0.15) is 5.82 Å². The Balaban J connectivity index is 1.95. The number of nitrogens with one attached hydrogen (secondary N) is 1. The molecule has 0 aromatic heterocycles. The summed E-state index contributed by atoms with van der Waals surface area (Å²) in [5.74, 6) is -0.270. The molecule has 2 rings (SSSR count). The van der Waals surface area contributed by atoms with Crippen molar-refractivity contribution in [3.63, 3.8) is 0 Å². The van der Waals surface area contributed by atoms with Crippen LogP contribution < -0.4 is 5.32 Å². The molecule has 1 aromatic carbocycles. The molecule has 0 bridgehead atoms. The van der Waals surface area contributed by atoms with Gasteiger partial charge in [0.15, 0.2) is 0 Å². The lowest BCUT2D eigenvalue weighted by Crippen LogP contribution is -2.36. The highest BCUT2D eigenvalue weighted by atomic mass is 79.9. The van der Waals surface area contributed by atoms with Gasteiger partial charge in [-0.05, 0) is 47.0 Å². The average Bonchev–Trinajstić information content (AvgIpc) is 2.56. The molecule has 0 atom stereocenters. The number of hydrogen-bond acceptors (Lipinski definition) is 2. The summed E-state index contributed by atoms with van der Waals surface area (Å²) < 4.78 is 13.5. The molecule has 1 aliphatic rings. The Morgan fingerprint density at radius 1 is 1.22 bits per heavy atom. The Morgan fingerprint density at radius 2 is 1.89 bits per heavy atom. The largest absolute Gasteiger partial charge is 0.388 e. The van der Waals surface area contributed by atoms with E-state index in [-0.39, 0.29) is 5.82 Å². The number of halogens is 2. The molecule has 0 unspecified atom stereocenters.